The number of ether oxygens (including phenoxy) is 2. The SMILES string of the molecule is CB(O)CC(=N)c1ccc(COCCCn2ccn(CCCOc3ccc(C(N)=N[B]C=O)cc3)c2=NC(=O)C(F)(F)F)cc1. The summed E-state index contributed by atoms with van der Waals surface area (Å²) in [5.41, 5.74) is 8.20. The molecule has 1 aromatic heterocycles. The van der Waals surface area contributed by atoms with Gasteiger partial charge in [0.15, 0.2) is 0 Å². The molecule has 3 rings (SSSR count). The second-order valence-corrected chi connectivity index (χ2v) is 10.1. The normalized spacial score (nSPS) is 12.2. The van der Waals surface area contributed by atoms with Crippen molar-refractivity contribution in [3.05, 3.63) is 83.2 Å². The van der Waals surface area contributed by atoms with Gasteiger partial charge in [-0.3, -0.25) is 4.79 Å². The third kappa shape index (κ3) is 11.5. The van der Waals surface area contributed by atoms with Crippen molar-refractivity contribution < 1.29 is 37.3 Å². The molecule has 237 valence electrons. The van der Waals surface area contributed by atoms with Gasteiger partial charge in [-0.15, -0.1) is 0 Å². The number of hydrogen-bond acceptors (Lipinski definition) is 7. The van der Waals surface area contributed by atoms with Crippen LogP contribution in [-0.2, 0) is 34.0 Å². The molecular weight excluding hydrogens is 591 g/mol. The Morgan fingerprint density at radius 2 is 1.64 bits per heavy atom. The molecule has 0 aliphatic carbocycles. The first kappa shape index (κ1) is 35.1. The number of halogens is 3. The maximum Gasteiger partial charge on any atom is 0.473 e. The van der Waals surface area contributed by atoms with Crippen molar-refractivity contribution in [2.45, 2.75) is 51.9 Å². The Balaban J connectivity index is 1.53. The molecule has 0 aliphatic heterocycles. The number of aryl methyl sites for hydroxylation is 2. The Kier molecular flexibility index (Phi) is 13.4. The van der Waals surface area contributed by atoms with Crippen LogP contribution in [0.25, 0.3) is 0 Å². The van der Waals surface area contributed by atoms with Crippen LogP contribution in [0.15, 0.2) is 70.8 Å². The van der Waals surface area contributed by atoms with E-state index in [4.69, 9.17) is 20.6 Å². The van der Waals surface area contributed by atoms with Gasteiger partial charge in [-0.2, -0.15) is 18.2 Å². The van der Waals surface area contributed by atoms with Crippen LogP contribution in [0.3, 0.4) is 0 Å². The van der Waals surface area contributed by atoms with Gasteiger partial charge in [-0.1, -0.05) is 31.1 Å². The highest BCUT2D eigenvalue weighted by atomic mass is 19.4. The molecule has 3 aromatic rings. The number of imidazole rings is 1. The van der Waals surface area contributed by atoms with Crippen LogP contribution in [0.2, 0.25) is 13.1 Å². The lowest BCUT2D eigenvalue weighted by atomic mass is 9.66. The van der Waals surface area contributed by atoms with Gasteiger partial charge in [0.05, 0.1) is 13.2 Å². The van der Waals surface area contributed by atoms with Gasteiger partial charge in [-0.05, 0) is 54.6 Å². The van der Waals surface area contributed by atoms with Crippen LogP contribution in [0.5, 0.6) is 5.75 Å². The van der Waals surface area contributed by atoms with Gasteiger partial charge < -0.3 is 44.5 Å². The number of carbonyl (C=O) groups excluding carboxylic acids is 2. The third-order valence-corrected chi connectivity index (χ3v) is 6.38. The zero-order valence-corrected chi connectivity index (χ0v) is 24.7. The Hall–Kier alpha value is -4.43. The second-order valence-electron chi connectivity index (χ2n) is 10.1. The van der Waals surface area contributed by atoms with Gasteiger partial charge >= 0.3 is 19.5 Å². The summed E-state index contributed by atoms with van der Waals surface area (Å²) in [5, 5.41) is 17.5. The molecule has 0 aliphatic rings. The molecule has 1 radical (unpaired) electrons. The largest absolute Gasteiger partial charge is 0.494 e. The van der Waals surface area contributed by atoms with E-state index in [1.165, 1.54) is 9.13 Å². The fourth-order valence-electron chi connectivity index (χ4n) is 4.17. The van der Waals surface area contributed by atoms with Crippen molar-refractivity contribution >= 4 is 38.0 Å². The lowest BCUT2D eigenvalue weighted by molar-refractivity contribution is -0.169. The molecule has 0 saturated heterocycles. The summed E-state index contributed by atoms with van der Waals surface area (Å²) >= 11 is 0. The fraction of sp³-hybridized carbons (Fsp3) is 0.345. The first-order valence-corrected chi connectivity index (χ1v) is 14.2. The van der Waals surface area contributed by atoms with Crippen molar-refractivity contribution in [2.24, 2.45) is 15.6 Å². The first-order chi connectivity index (χ1) is 21.5. The fourth-order valence-corrected chi connectivity index (χ4v) is 4.17. The molecule has 0 saturated carbocycles. The van der Waals surface area contributed by atoms with Crippen LogP contribution in [0.4, 0.5) is 13.2 Å². The van der Waals surface area contributed by atoms with Gasteiger partial charge in [0, 0.05) is 43.4 Å². The first-order valence-electron chi connectivity index (χ1n) is 14.2. The Morgan fingerprint density at radius 1 is 1.04 bits per heavy atom. The second kappa shape index (κ2) is 17.2. The average Bonchev–Trinajstić information content (AvgIpc) is 3.38. The van der Waals surface area contributed by atoms with Crippen molar-refractivity contribution in [3.63, 3.8) is 0 Å². The number of amides is 1. The molecule has 11 nitrogen and oxygen atoms in total. The van der Waals surface area contributed by atoms with Gasteiger partial charge in [0.1, 0.15) is 17.8 Å². The number of nitrogens with one attached hydrogen (secondary N) is 1. The highest BCUT2D eigenvalue weighted by Crippen LogP contribution is 2.16. The van der Waals surface area contributed by atoms with Crippen molar-refractivity contribution in [1.82, 2.24) is 9.13 Å². The molecule has 1 amide bonds. The molecular formula is C29H34B2F3N6O5. The van der Waals surface area contributed by atoms with E-state index in [9.17, 15) is 27.8 Å². The highest BCUT2D eigenvalue weighted by Gasteiger charge is 2.38. The summed E-state index contributed by atoms with van der Waals surface area (Å²) in [5.74, 6) is -1.48. The van der Waals surface area contributed by atoms with Crippen LogP contribution in [0, 0.1) is 5.41 Å². The Morgan fingerprint density at radius 3 is 2.22 bits per heavy atom. The minimum atomic E-state index is -5.10. The van der Waals surface area contributed by atoms with Gasteiger partial charge in [0.25, 0.3) is 6.92 Å². The topological polar surface area (TPSA) is 157 Å². The van der Waals surface area contributed by atoms with E-state index in [-0.39, 0.29) is 37.5 Å². The van der Waals surface area contributed by atoms with Crippen molar-refractivity contribution in [1.29, 1.82) is 5.41 Å². The van der Waals surface area contributed by atoms with E-state index >= 15 is 0 Å². The minimum absolute atomic E-state index is 0.126. The average molecular weight is 625 g/mol. The number of benzene rings is 2. The maximum absolute atomic E-state index is 13.0. The smallest absolute Gasteiger partial charge is 0.473 e. The Labute approximate surface area is 259 Å². The molecule has 0 spiro atoms. The van der Waals surface area contributed by atoms with E-state index in [2.05, 4.69) is 9.90 Å². The molecule has 16 heteroatoms. The van der Waals surface area contributed by atoms with E-state index in [0.29, 0.717) is 54.8 Å². The molecule has 4 N–H and O–H groups in total. The highest BCUT2D eigenvalue weighted by molar-refractivity contribution is 6.66. The summed E-state index contributed by atoms with van der Waals surface area (Å²) in [7, 11) is 1.04. The minimum Gasteiger partial charge on any atom is -0.494 e. The molecule has 0 bridgehead atoms. The number of hydrogen-bond donors (Lipinski definition) is 3. The number of amidine groups is 1. The number of rotatable bonds is 17. The van der Waals surface area contributed by atoms with Crippen LogP contribution >= 0.6 is 0 Å². The molecule has 0 fully saturated rings. The van der Waals surface area contributed by atoms with Crippen LogP contribution in [0.1, 0.15) is 29.5 Å². The van der Waals surface area contributed by atoms with Gasteiger partial charge in [0.2, 0.25) is 5.62 Å². The molecule has 2 aromatic carbocycles. The standard InChI is InChI=1S/C29H34B2F3N6O5/c1-31(43)18-25(35)22-6-4-21(5-7-22)19-44-16-2-12-39-14-15-40(28(39)37-27(42)29(32,33)34)13-3-17-45-24-10-8-23(9-11-24)26(36)38-30-20-41/h4-11,14-15,20,35,43H,2-3,12-13,16-19H2,1H3,(H2,36,38). The summed E-state index contributed by atoms with van der Waals surface area (Å²) < 4.78 is 53.4. The van der Waals surface area contributed by atoms with E-state index < -0.39 is 19.0 Å². The predicted molar refractivity (Wildman–Crippen MR) is 165 cm³/mol. The van der Waals surface area contributed by atoms with Crippen LogP contribution in [-0.4, -0.2) is 71.5 Å². The van der Waals surface area contributed by atoms with Crippen LogP contribution < -0.4 is 16.1 Å². The quantitative estimate of drug-likeness (QED) is 0.0689. The third-order valence-electron chi connectivity index (χ3n) is 6.38. The number of alkyl halides is 3. The number of nitrogens with zero attached hydrogens (tertiary/aromatic N) is 4. The van der Waals surface area contributed by atoms with Crippen molar-refractivity contribution in [3.8, 4) is 5.75 Å². The number of aromatic nitrogens is 2. The Bertz CT molecular complexity index is 1520. The zero-order chi connectivity index (χ0) is 32.8. The summed E-state index contributed by atoms with van der Waals surface area (Å²) in [6, 6.07) is 13.9. The lowest BCUT2D eigenvalue weighted by Crippen LogP contribution is -2.32. The summed E-state index contributed by atoms with van der Waals surface area (Å²) in [4.78, 5) is 29.2. The van der Waals surface area contributed by atoms with E-state index in [1.807, 2.05) is 12.1 Å². The van der Waals surface area contributed by atoms with E-state index in [1.54, 1.807) is 55.6 Å². The molecule has 1 heterocycles. The molecule has 0 unspecified atom stereocenters. The number of nitrogens with two attached hydrogens (primary N) is 1. The summed E-state index contributed by atoms with van der Waals surface area (Å²) in [6.07, 6.45) is -0.326. The molecule has 0 atom stereocenters. The maximum atomic E-state index is 13.0. The summed E-state index contributed by atoms with van der Waals surface area (Å²) in [6.45, 7) is 2.40. The lowest BCUT2D eigenvalue weighted by Gasteiger charge is -2.09. The van der Waals surface area contributed by atoms with Gasteiger partial charge in [-0.25, -0.2) is 0 Å². The zero-order valence-electron chi connectivity index (χ0n) is 24.7. The monoisotopic (exact) mass is 625 g/mol. The molecule has 45 heavy (non-hydrogen) atoms. The van der Waals surface area contributed by atoms with Crippen molar-refractivity contribution in [2.75, 3.05) is 13.2 Å². The van der Waals surface area contributed by atoms with E-state index in [0.717, 1.165) is 13.0 Å². The number of carbonyl (C=O) groups is 2. The predicted octanol–water partition coefficient (Wildman–Crippen LogP) is 2.85.